The van der Waals surface area contributed by atoms with E-state index in [1.54, 1.807) is 19.4 Å². The molecule has 9 heteroatoms. The Morgan fingerprint density at radius 3 is 2.17 bits per heavy atom. The van der Waals surface area contributed by atoms with Gasteiger partial charge in [0.2, 0.25) is 0 Å². The first-order chi connectivity index (χ1) is 11.5. The highest BCUT2D eigenvalue weighted by atomic mass is 19.4. The Morgan fingerprint density at radius 1 is 0.958 bits per heavy atom. The minimum atomic E-state index is -4.47. The van der Waals surface area contributed by atoms with Crippen molar-refractivity contribution < 1.29 is 17.9 Å². The number of rotatable bonds is 3. The van der Waals surface area contributed by atoms with Crippen molar-refractivity contribution in [2.24, 2.45) is 0 Å². The third-order valence-electron chi connectivity index (χ3n) is 3.82. The summed E-state index contributed by atoms with van der Waals surface area (Å²) in [6.07, 6.45) is -2.79. The topological polar surface area (TPSA) is 54.4 Å². The van der Waals surface area contributed by atoms with Gasteiger partial charge in [0.1, 0.15) is 11.6 Å². The third kappa shape index (κ3) is 3.50. The summed E-state index contributed by atoms with van der Waals surface area (Å²) in [6, 6.07) is 5.94. The molecule has 0 bridgehead atoms. The zero-order chi connectivity index (χ0) is 17.2. The number of alkyl halides is 3. The Labute approximate surface area is 136 Å². The van der Waals surface area contributed by atoms with Crippen LogP contribution in [-0.4, -0.2) is 48.5 Å². The summed E-state index contributed by atoms with van der Waals surface area (Å²) >= 11 is 0. The molecule has 1 aliphatic rings. The number of methoxy groups -OCH3 is 1. The summed E-state index contributed by atoms with van der Waals surface area (Å²) in [7, 11) is 1.60. The van der Waals surface area contributed by atoms with Crippen molar-refractivity contribution in [3.63, 3.8) is 0 Å². The zero-order valence-corrected chi connectivity index (χ0v) is 13.0. The molecule has 0 amide bonds. The van der Waals surface area contributed by atoms with Crippen LogP contribution in [0.15, 0.2) is 30.5 Å². The predicted molar refractivity (Wildman–Crippen MR) is 82.2 cm³/mol. The number of hydrogen-bond acceptors (Lipinski definition) is 6. The van der Waals surface area contributed by atoms with Gasteiger partial charge in [-0.3, -0.25) is 0 Å². The van der Waals surface area contributed by atoms with Gasteiger partial charge in [-0.05, 0) is 18.2 Å². The van der Waals surface area contributed by atoms with Crippen LogP contribution in [0.4, 0.5) is 24.8 Å². The van der Waals surface area contributed by atoms with Gasteiger partial charge in [-0.1, -0.05) is 0 Å². The average Bonchev–Trinajstić information content (AvgIpc) is 2.61. The van der Waals surface area contributed by atoms with Crippen LogP contribution in [0.5, 0.6) is 5.75 Å². The van der Waals surface area contributed by atoms with Crippen LogP contribution in [0.25, 0.3) is 0 Å². The minimum absolute atomic E-state index is 0.446. The first-order valence-electron chi connectivity index (χ1n) is 7.38. The molecule has 2 aromatic rings. The number of ether oxygens (including phenoxy) is 1. The number of hydrogen-bond donors (Lipinski definition) is 0. The van der Waals surface area contributed by atoms with Gasteiger partial charge < -0.3 is 14.5 Å². The molecule has 3 heterocycles. The fraction of sp³-hybridized carbons (Fsp3) is 0.400. The molecule has 1 aliphatic heterocycles. The molecular formula is C15H16F3N5O. The molecule has 3 rings (SSSR count). The maximum Gasteiger partial charge on any atom is 0.435 e. The van der Waals surface area contributed by atoms with E-state index in [0.29, 0.717) is 32.0 Å². The number of piperazine rings is 1. The monoisotopic (exact) mass is 339 g/mol. The molecule has 0 aromatic carbocycles. The number of pyridine rings is 1. The first-order valence-corrected chi connectivity index (χ1v) is 7.38. The summed E-state index contributed by atoms with van der Waals surface area (Å²) in [5, 5.41) is 6.96. The summed E-state index contributed by atoms with van der Waals surface area (Å²) in [6.45, 7) is 2.61. The molecule has 0 saturated carbocycles. The van der Waals surface area contributed by atoms with Gasteiger partial charge in [0, 0.05) is 38.4 Å². The van der Waals surface area contributed by atoms with Gasteiger partial charge in [-0.2, -0.15) is 13.2 Å². The van der Waals surface area contributed by atoms with Gasteiger partial charge in [0.15, 0.2) is 11.5 Å². The number of halogens is 3. The van der Waals surface area contributed by atoms with E-state index < -0.39 is 11.9 Å². The largest absolute Gasteiger partial charge is 0.497 e. The van der Waals surface area contributed by atoms with Crippen molar-refractivity contribution in [2.45, 2.75) is 6.18 Å². The van der Waals surface area contributed by atoms with Gasteiger partial charge in [0.25, 0.3) is 0 Å². The van der Waals surface area contributed by atoms with Crippen LogP contribution in [0.2, 0.25) is 0 Å². The van der Waals surface area contributed by atoms with Crippen LogP contribution < -0.4 is 14.5 Å². The number of aromatic nitrogens is 3. The van der Waals surface area contributed by atoms with Gasteiger partial charge in [-0.25, -0.2) is 4.98 Å². The van der Waals surface area contributed by atoms with E-state index in [0.717, 1.165) is 17.6 Å². The number of nitrogens with zero attached hydrogens (tertiary/aromatic N) is 5. The quantitative estimate of drug-likeness (QED) is 0.855. The standard InChI is InChI=1S/C15H16F3N5O/c1-24-11-4-5-19-14(10-11)23-8-6-22(7-9-23)13-3-2-12(20-21-13)15(16,17)18/h2-5,10H,6-9H2,1H3. The fourth-order valence-corrected chi connectivity index (χ4v) is 2.51. The molecule has 0 aliphatic carbocycles. The van der Waals surface area contributed by atoms with Crippen molar-refractivity contribution in [1.82, 2.24) is 15.2 Å². The van der Waals surface area contributed by atoms with Crippen LogP contribution in [0.3, 0.4) is 0 Å². The molecule has 0 unspecified atom stereocenters. The van der Waals surface area contributed by atoms with Crippen LogP contribution >= 0.6 is 0 Å². The maximum absolute atomic E-state index is 12.5. The SMILES string of the molecule is COc1ccnc(N2CCN(c3ccc(C(F)(F)F)nn3)CC2)c1. The van der Waals surface area contributed by atoms with Crippen LogP contribution in [0.1, 0.15) is 5.69 Å². The molecule has 1 saturated heterocycles. The molecule has 0 spiro atoms. The second kappa shape index (κ2) is 6.50. The second-order valence-corrected chi connectivity index (χ2v) is 5.30. The van der Waals surface area contributed by atoms with E-state index in [4.69, 9.17) is 4.74 Å². The Hall–Kier alpha value is -2.58. The predicted octanol–water partition coefficient (Wildman–Crippen LogP) is 2.23. The lowest BCUT2D eigenvalue weighted by molar-refractivity contribution is -0.141. The molecule has 128 valence electrons. The molecular weight excluding hydrogens is 323 g/mol. The number of anilines is 2. The lowest BCUT2D eigenvalue weighted by Crippen LogP contribution is -2.47. The summed E-state index contributed by atoms with van der Waals surface area (Å²) in [5.74, 6) is 1.99. The lowest BCUT2D eigenvalue weighted by atomic mass is 10.3. The van der Waals surface area contributed by atoms with E-state index in [9.17, 15) is 13.2 Å². The molecule has 24 heavy (non-hydrogen) atoms. The van der Waals surface area contributed by atoms with Crippen molar-refractivity contribution >= 4 is 11.6 Å². The van der Waals surface area contributed by atoms with Crippen molar-refractivity contribution in [1.29, 1.82) is 0 Å². The zero-order valence-electron chi connectivity index (χ0n) is 13.0. The lowest BCUT2D eigenvalue weighted by Gasteiger charge is -2.35. The summed E-state index contributed by atoms with van der Waals surface area (Å²) in [5.41, 5.74) is -0.981. The van der Waals surface area contributed by atoms with Crippen LogP contribution in [0, 0.1) is 0 Å². The van der Waals surface area contributed by atoms with Crippen LogP contribution in [-0.2, 0) is 6.18 Å². The molecule has 0 radical (unpaired) electrons. The third-order valence-corrected chi connectivity index (χ3v) is 3.82. The van der Waals surface area contributed by atoms with E-state index >= 15 is 0 Å². The van der Waals surface area contributed by atoms with E-state index in [1.165, 1.54) is 6.07 Å². The highest BCUT2D eigenvalue weighted by molar-refractivity contribution is 5.47. The Bertz CT molecular complexity index is 684. The highest BCUT2D eigenvalue weighted by Crippen LogP contribution is 2.28. The van der Waals surface area contributed by atoms with E-state index in [-0.39, 0.29) is 0 Å². The normalized spacial score (nSPS) is 15.5. The highest BCUT2D eigenvalue weighted by Gasteiger charge is 2.33. The van der Waals surface area contributed by atoms with E-state index in [1.807, 2.05) is 11.0 Å². The maximum atomic E-state index is 12.5. The average molecular weight is 339 g/mol. The Morgan fingerprint density at radius 2 is 1.62 bits per heavy atom. The van der Waals surface area contributed by atoms with E-state index in [2.05, 4.69) is 20.1 Å². The van der Waals surface area contributed by atoms with Crippen molar-refractivity contribution in [3.05, 3.63) is 36.2 Å². The molecule has 6 nitrogen and oxygen atoms in total. The molecule has 2 aromatic heterocycles. The van der Waals surface area contributed by atoms with Crippen molar-refractivity contribution in [3.8, 4) is 5.75 Å². The second-order valence-electron chi connectivity index (χ2n) is 5.30. The molecule has 0 atom stereocenters. The summed E-state index contributed by atoms with van der Waals surface area (Å²) in [4.78, 5) is 8.32. The molecule has 1 fully saturated rings. The van der Waals surface area contributed by atoms with Gasteiger partial charge in [-0.15, -0.1) is 10.2 Å². The smallest absolute Gasteiger partial charge is 0.435 e. The molecule has 0 N–H and O–H groups in total. The van der Waals surface area contributed by atoms with Crippen molar-refractivity contribution in [2.75, 3.05) is 43.1 Å². The van der Waals surface area contributed by atoms with Gasteiger partial charge in [0.05, 0.1) is 7.11 Å². The Kier molecular flexibility index (Phi) is 4.41. The fourth-order valence-electron chi connectivity index (χ4n) is 2.51. The first kappa shape index (κ1) is 16.3. The minimum Gasteiger partial charge on any atom is -0.497 e. The Balaban J connectivity index is 1.64. The summed E-state index contributed by atoms with van der Waals surface area (Å²) < 4.78 is 42.8. The van der Waals surface area contributed by atoms with Gasteiger partial charge >= 0.3 is 6.18 Å².